The van der Waals surface area contributed by atoms with Gasteiger partial charge in [-0.05, 0) is 65.8 Å². The molecule has 1 rings (SSSR count). The molecule has 1 N–H and O–H groups in total. The van der Waals surface area contributed by atoms with E-state index in [1.807, 2.05) is 26.0 Å². The summed E-state index contributed by atoms with van der Waals surface area (Å²) in [5.74, 6) is 6.29. The average molecular weight is 313 g/mol. The van der Waals surface area contributed by atoms with Gasteiger partial charge in [-0.2, -0.15) is 0 Å². The standard InChI is InChI=1S/C21H31NO/c1-17-13-18(15-19(14-17)21(5,6)23)16-22(7)12-10-8-9-11-20(2,3)4/h8,10,13-15,23H,12,16H2,1-7H3/b10-8+. The summed E-state index contributed by atoms with van der Waals surface area (Å²) in [7, 11) is 2.09. The van der Waals surface area contributed by atoms with Gasteiger partial charge >= 0.3 is 0 Å². The van der Waals surface area contributed by atoms with Crippen LogP contribution in [-0.4, -0.2) is 23.6 Å². The number of hydrogen-bond donors (Lipinski definition) is 1. The Morgan fingerprint density at radius 2 is 1.78 bits per heavy atom. The van der Waals surface area contributed by atoms with Crippen LogP contribution in [0.4, 0.5) is 0 Å². The number of benzene rings is 1. The minimum Gasteiger partial charge on any atom is -0.386 e. The van der Waals surface area contributed by atoms with Crippen molar-refractivity contribution in [3.05, 3.63) is 47.0 Å². The van der Waals surface area contributed by atoms with Gasteiger partial charge in [-0.25, -0.2) is 0 Å². The molecule has 23 heavy (non-hydrogen) atoms. The van der Waals surface area contributed by atoms with Gasteiger partial charge in [-0.15, -0.1) is 0 Å². The number of aryl methyl sites for hydroxylation is 1. The van der Waals surface area contributed by atoms with Crippen LogP contribution in [0, 0.1) is 24.2 Å². The van der Waals surface area contributed by atoms with Crippen LogP contribution in [-0.2, 0) is 12.1 Å². The second-order valence-electron chi connectivity index (χ2n) is 7.88. The Morgan fingerprint density at radius 1 is 1.13 bits per heavy atom. The third-order valence-corrected chi connectivity index (χ3v) is 3.36. The van der Waals surface area contributed by atoms with Crippen molar-refractivity contribution in [1.82, 2.24) is 4.90 Å². The third-order valence-electron chi connectivity index (χ3n) is 3.36. The van der Waals surface area contributed by atoms with Crippen molar-refractivity contribution in [1.29, 1.82) is 0 Å². The van der Waals surface area contributed by atoms with Gasteiger partial charge < -0.3 is 5.11 Å². The van der Waals surface area contributed by atoms with Crippen molar-refractivity contribution in [3.8, 4) is 11.8 Å². The molecule has 0 saturated carbocycles. The van der Waals surface area contributed by atoms with Gasteiger partial charge in [-0.1, -0.05) is 41.7 Å². The van der Waals surface area contributed by atoms with E-state index in [0.29, 0.717) is 0 Å². The summed E-state index contributed by atoms with van der Waals surface area (Å²) in [5, 5.41) is 10.2. The molecule has 0 fully saturated rings. The van der Waals surface area contributed by atoms with E-state index in [9.17, 15) is 5.11 Å². The Morgan fingerprint density at radius 3 is 2.35 bits per heavy atom. The van der Waals surface area contributed by atoms with Crippen molar-refractivity contribution < 1.29 is 5.11 Å². The molecular formula is C21H31NO. The molecule has 2 nitrogen and oxygen atoms in total. The Balaban J connectivity index is 2.67. The second kappa shape index (κ2) is 7.81. The van der Waals surface area contributed by atoms with E-state index < -0.39 is 5.60 Å². The van der Waals surface area contributed by atoms with E-state index in [-0.39, 0.29) is 5.41 Å². The van der Waals surface area contributed by atoms with Crippen molar-refractivity contribution in [2.75, 3.05) is 13.6 Å². The van der Waals surface area contributed by atoms with Crippen molar-refractivity contribution >= 4 is 0 Å². The predicted octanol–water partition coefficient (Wildman–Crippen LogP) is 4.26. The molecule has 0 saturated heterocycles. The Labute approximate surface area is 142 Å². The van der Waals surface area contributed by atoms with Crippen LogP contribution >= 0.6 is 0 Å². The lowest BCUT2D eigenvalue weighted by molar-refractivity contribution is 0.0784. The quantitative estimate of drug-likeness (QED) is 0.821. The van der Waals surface area contributed by atoms with Crippen LogP contribution in [0.3, 0.4) is 0 Å². The Kier molecular flexibility index (Phi) is 6.62. The summed E-state index contributed by atoms with van der Waals surface area (Å²) in [6.45, 7) is 13.7. The molecule has 0 aromatic heterocycles. The van der Waals surface area contributed by atoms with Gasteiger partial charge in [0.15, 0.2) is 0 Å². The number of hydrogen-bond acceptors (Lipinski definition) is 2. The third kappa shape index (κ3) is 8.02. The molecule has 0 atom stereocenters. The first-order valence-corrected chi connectivity index (χ1v) is 8.17. The summed E-state index contributed by atoms with van der Waals surface area (Å²) < 4.78 is 0. The van der Waals surface area contributed by atoms with E-state index in [0.717, 1.165) is 18.7 Å². The molecule has 2 heteroatoms. The normalized spacial score (nSPS) is 12.6. The number of likely N-dealkylation sites (N-methyl/N-ethyl adjacent to an activating group) is 1. The Bertz CT molecular complexity index is 603. The monoisotopic (exact) mass is 313 g/mol. The first-order chi connectivity index (χ1) is 10.5. The molecule has 0 aliphatic rings. The maximum atomic E-state index is 10.2. The zero-order valence-corrected chi connectivity index (χ0v) is 15.7. The summed E-state index contributed by atoms with van der Waals surface area (Å²) in [6, 6.07) is 6.31. The smallest absolute Gasteiger partial charge is 0.0840 e. The van der Waals surface area contributed by atoms with Crippen LogP contribution in [0.2, 0.25) is 0 Å². The van der Waals surface area contributed by atoms with Crippen LogP contribution in [0.1, 0.15) is 51.3 Å². The van der Waals surface area contributed by atoms with Gasteiger partial charge in [0, 0.05) is 18.5 Å². The van der Waals surface area contributed by atoms with Crippen molar-refractivity contribution in [2.45, 2.75) is 53.7 Å². The minimum absolute atomic E-state index is 0.0469. The maximum Gasteiger partial charge on any atom is 0.0840 e. The predicted molar refractivity (Wildman–Crippen MR) is 99.1 cm³/mol. The van der Waals surface area contributed by atoms with Crippen LogP contribution < -0.4 is 0 Å². The molecule has 126 valence electrons. The van der Waals surface area contributed by atoms with Gasteiger partial charge in [0.25, 0.3) is 0 Å². The first-order valence-electron chi connectivity index (χ1n) is 8.17. The topological polar surface area (TPSA) is 23.5 Å². The average Bonchev–Trinajstić information content (AvgIpc) is 2.35. The fraction of sp³-hybridized carbons (Fsp3) is 0.524. The van der Waals surface area contributed by atoms with E-state index >= 15 is 0 Å². The summed E-state index contributed by atoms with van der Waals surface area (Å²) >= 11 is 0. The summed E-state index contributed by atoms with van der Waals surface area (Å²) in [5.41, 5.74) is 2.61. The minimum atomic E-state index is -0.804. The van der Waals surface area contributed by atoms with Crippen LogP contribution in [0.15, 0.2) is 30.4 Å². The molecule has 0 bridgehead atoms. The van der Waals surface area contributed by atoms with Gasteiger partial charge in [0.2, 0.25) is 0 Å². The van der Waals surface area contributed by atoms with Gasteiger partial charge in [-0.3, -0.25) is 4.90 Å². The highest BCUT2D eigenvalue weighted by molar-refractivity contribution is 5.32. The summed E-state index contributed by atoms with van der Waals surface area (Å²) in [4.78, 5) is 2.23. The van der Waals surface area contributed by atoms with Crippen LogP contribution in [0.5, 0.6) is 0 Å². The fourth-order valence-corrected chi connectivity index (χ4v) is 2.23. The van der Waals surface area contributed by atoms with E-state index in [1.54, 1.807) is 0 Å². The van der Waals surface area contributed by atoms with E-state index in [2.05, 4.69) is 69.7 Å². The number of rotatable bonds is 5. The van der Waals surface area contributed by atoms with E-state index in [1.165, 1.54) is 11.1 Å². The molecule has 0 heterocycles. The lowest BCUT2D eigenvalue weighted by Crippen LogP contribution is -2.20. The second-order valence-corrected chi connectivity index (χ2v) is 7.88. The van der Waals surface area contributed by atoms with Crippen molar-refractivity contribution in [2.24, 2.45) is 5.41 Å². The maximum absolute atomic E-state index is 10.2. The molecule has 0 aliphatic heterocycles. The van der Waals surface area contributed by atoms with Gasteiger partial charge in [0.05, 0.1) is 5.60 Å². The molecule has 0 aliphatic carbocycles. The molecule has 0 unspecified atom stereocenters. The van der Waals surface area contributed by atoms with Gasteiger partial charge in [0.1, 0.15) is 0 Å². The highest BCUT2D eigenvalue weighted by atomic mass is 16.3. The number of allylic oxidation sites excluding steroid dienone is 1. The molecule has 1 aromatic carbocycles. The molecule has 0 radical (unpaired) electrons. The van der Waals surface area contributed by atoms with E-state index in [4.69, 9.17) is 0 Å². The van der Waals surface area contributed by atoms with Crippen LogP contribution in [0.25, 0.3) is 0 Å². The first kappa shape index (κ1) is 19.5. The van der Waals surface area contributed by atoms with Crippen molar-refractivity contribution in [3.63, 3.8) is 0 Å². The fourth-order valence-electron chi connectivity index (χ4n) is 2.23. The highest BCUT2D eigenvalue weighted by Gasteiger charge is 2.16. The highest BCUT2D eigenvalue weighted by Crippen LogP contribution is 2.22. The largest absolute Gasteiger partial charge is 0.386 e. The molecule has 0 amide bonds. The molecule has 0 spiro atoms. The molecule has 1 aromatic rings. The summed E-state index contributed by atoms with van der Waals surface area (Å²) in [6.07, 6.45) is 4.02. The number of aliphatic hydroxyl groups is 1. The lowest BCUT2D eigenvalue weighted by atomic mass is 9.94. The zero-order valence-electron chi connectivity index (χ0n) is 15.7. The Hall–Kier alpha value is -1.56. The lowest BCUT2D eigenvalue weighted by Gasteiger charge is -2.21. The molecular weight excluding hydrogens is 282 g/mol. The number of nitrogens with zero attached hydrogens (tertiary/aromatic N) is 1. The zero-order chi connectivity index (χ0) is 17.7. The SMILES string of the molecule is Cc1cc(CN(C)C/C=C/C#CC(C)(C)C)cc(C(C)(C)O)c1.